The molecule has 4 rings (SSSR count). The molecule has 0 aliphatic carbocycles. The maximum atomic E-state index is 13.2. The summed E-state index contributed by atoms with van der Waals surface area (Å²) in [6, 6.07) is 0.392. The summed E-state index contributed by atoms with van der Waals surface area (Å²) in [5.74, 6) is 1.11. The Labute approximate surface area is 180 Å². The minimum absolute atomic E-state index is 0.00343. The smallest absolute Gasteiger partial charge is 0.381 e. The van der Waals surface area contributed by atoms with E-state index in [0.717, 1.165) is 52.9 Å². The van der Waals surface area contributed by atoms with Crippen LogP contribution < -0.4 is 5.32 Å². The maximum Gasteiger partial charge on any atom is 0.402 e. The number of carbonyl (C=O) groups excluding carboxylic acids is 1. The highest BCUT2D eigenvalue weighted by Gasteiger charge is 2.54. The van der Waals surface area contributed by atoms with E-state index in [4.69, 9.17) is 9.26 Å². The van der Waals surface area contributed by atoms with Crippen molar-refractivity contribution in [1.82, 2.24) is 20.4 Å². The van der Waals surface area contributed by atoms with Crippen molar-refractivity contribution in [3.63, 3.8) is 0 Å². The number of nitrogens with one attached hydrogen (secondary N) is 1. The Kier molecular flexibility index (Phi) is 6.31. The van der Waals surface area contributed by atoms with E-state index in [0.29, 0.717) is 36.5 Å². The molecule has 4 heterocycles. The molecule has 3 aliphatic heterocycles. The van der Waals surface area contributed by atoms with Crippen molar-refractivity contribution < 1.29 is 27.2 Å². The third-order valence-corrected chi connectivity index (χ3v) is 7.17. The number of likely N-dealkylation sites (tertiary alicyclic amines) is 1. The SMILES string of the molecule is CC(C)(C(=O)N1CCC(c2noc(C3CCNC(C4CCOC4)C3)n2)CC1)C(F)(F)F. The van der Waals surface area contributed by atoms with E-state index in [1.165, 1.54) is 4.90 Å². The molecule has 3 aliphatic rings. The molecule has 3 atom stereocenters. The van der Waals surface area contributed by atoms with Crippen molar-refractivity contribution in [2.45, 2.75) is 70.0 Å². The molecule has 7 nitrogen and oxygen atoms in total. The Morgan fingerprint density at radius 3 is 2.52 bits per heavy atom. The molecule has 10 heteroatoms. The number of halogens is 3. The summed E-state index contributed by atoms with van der Waals surface area (Å²) < 4.78 is 50.7. The lowest BCUT2D eigenvalue weighted by atomic mass is 9.85. The topological polar surface area (TPSA) is 80.5 Å². The highest BCUT2D eigenvalue weighted by molar-refractivity contribution is 5.83. The number of nitrogens with zero attached hydrogens (tertiary/aromatic N) is 3. The molecule has 0 radical (unpaired) electrons. The second-order valence-electron chi connectivity index (χ2n) is 9.59. The number of carbonyl (C=O) groups is 1. The second kappa shape index (κ2) is 8.69. The number of aromatic nitrogens is 2. The van der Waals surface area contributed by atoms with Crippen molar-refractivity contribution in [3.8, 4) is 0 Å². The van der Waals surface area contributed by atoms with Gasteiger partial charge in [-0.15, -0.1) is 0 Å². The highest BCUT2D eigenvalue weighted by atomic mass is 19.4. The normalized spacial score (nSPS) is 28.8. The number of hydrogen-bond donors (Lipinski definition) is 1. The van der Waals surface area contributed by atoms with Gasteiger partial charge in [-0.2, -0.15) is 18.2 Å². The Morgan fingerprint density at radius 1 is 1.13 bits per heavy atom. The largest absolute Gasteiger partial charge is 0.402 e. The van der Waals surface area contributed by atoms with E-state index < -0.39 is 17.5 Å². The Bertz CT molecular complexity index is 768. The van der Waals surface area contributed by atoms with Gasteiger partial charge in [-0.25, -0.2) is 0 Å². The molecule has 3 fully saturated rings. The Hall–Kier alpha value is -1.68. The van der Waals surface area contributed by atoms with E-state index in [1.807, 2.05) is 0 Å². The zero-order valence-electron chi connectivity index (χ0n) is 18.1. The van der Waals surface area contributed by atoms with Gasteiger partial charge in [0.25, 0.3) is 0 Å². The maximum absolute atomic E-state index is 13.2. The summed E-state index contributed by atoms with van der Waals surface area (Å²) >= 11 is 0. The minimum Gasteiger partial charge on any atom is -0.381 e. The van der Waals surface area contributed by atoms with Crippen LogP contribution in [0.1, 0.15) is 69.5 Å². The summed E-state index contributed by atoms with van der Waals surface area (Å²) in [7, 11) is 0. The molecule has 1 aromatic rings. The minimum atomic E-state index is -4.57. The lowest BCUT2D eigenvalue weighted by Crippen LogP contribution is -2.50. The molecule has 0 saturated carbocycles. The summed E-state index contributed by atoms with van der Waals surface area (Å²) in [6.07, 6.45) is -0.553. The Morgan fingerprint density at radius 2 is 1.87 bits per heavy atom. The van der Waals surface area contributed by atoms with Crippen molar-refractivity contribution in [1.29, 1.82) is 0 Å². The first-order chi connectivity index (χ1) is 14.7. The standard InChI is InChI=1S/C21H31F3N4O3/c1-20(2,21(22,23)24)19(29)28-8-4-13(5-9-28)17-26-18(31-27-17)14-3-7-25-16(11-14)15-6-10-30-12-15/h13-16,25H,3-12H2,1-2H3. The van der Waals surface area contributed by atoms with E-state index >= 15 is 0 Å². The third kappa shape index (κ3) is 4.60. The molecular formula is C21H31F3N4O3. The van der Waals surface area contributed by atoms with Gasteiger partial charge in [-0.1, -0.05) is 5.16 Å². The number of piperidine rings is 2. The van der Waals surface area contributed by atoms with Gasteiger partial charge < -0.3 is 19.5 Å². The molecule has 1 N–H and O–H groups in total. The van der Waals surface area contributed by atoms with E-state index in [9.17, 15) is 18.0 Å². The molecule has 0 bridgehead atoms. The van der Waals surface area contributed by atoms with Gasteiger partial charge in [0.1, 0.15) is 5.41 Å². The van der Waals surface area contributed by atoms with Crippen molar-refractivity contribution in [2.75, 3.05) is 32.8 Å². The number of amides is 1. The quantitative estimate of drug-likeness (QED) is 0.768. The number of hydrogen-bond acceptors (Lipinski definition) is 6. The number of rotatable bonds is 4. The third-order valence-electron chi connectivity index (χ3n) is 7.17. The first-order valence-corrected chi connectivity index (χ1v) is 11.2. The molecule has 0 spiro atoms. The predicted molar refractivity (Wildman–Crippen MR) is 105 cm³/mol. The molecule has 1 aromatic heterocycles. The van der Waals surface area contributed by atoms with Gasteiger partial charge in [0.2, 0.25) is 11.8 Å². The van der Waals surface area contributed by atoms with Crippen LogP contribution in [0, 0.1) is 11.3 Å². The van der Waals surface area contributed by atoms with Crippen LogP contribution >= 0.6 is 0 Å². The molecular weight excluding hydrogens is 413 g/mol. The average Bonchev–Trinajstić information content (AvgIpc) is 3.45. The monoisotopic (exact) mass is 444 g/mol. The lowest BCUT2D eigenvalue weighted by Gasteiger charge is -2.37. The van der Waals surface area contributed by atoms with Gasteiger partial charge >= 0.3 is 6.18 Å². The fourth-order valence-corrected chi connectivity index (χ4v) is 4.84. The van der Waals surface area contributed by atoms with Crippen LogP contribution in [0.3, 0.4) is 0 Å². The van der Waals surface area contributed by atoms with Crippen molar-refractivity contribution in [3.05, 3.63) is 11.7 Å². The van der Waals surface area contributed by atoms with Crippen molar-refractivity contribution >= 4 is 5.91 Å². The first-order valence-electron chi connectivity index (χ1n) is 11.2. The average molecular weight is 444 g/mol. The number of ether oxygens (including phenoxy) is 1. The summed E-state index contributed by atoms with van der Waals surface area (Å²) in [5, 5.41) is 7.76. The predicted octanol–water partition coefficient (Wildman–Crippen LogP) is 3.24. The molecule has 174 valence electrons. The van der Waals surface area contributed by atoms with Crippen LogP contribution in [-0.4, -0.2) is 66.0 Å². The Balaban J connectivity index is 1.34. The van der Waals surface area contributed by atoms with Crippen LogP contribution in [0.25, 0.3) is 0 Å². The summed E-state index contributed by atoms with van der Waals surface area (Å²) in [4.78, 5) is 18.4. The zero-order chi connectivity index (χ0) is 22.2. The molecule has 0 aromatic carbocycles. The van der Waals surface area contributed by atoms with Crippen LogP contribution in [0.15, 0.2) is 4.52 Å². The van der Waals surface area contributed by atoms with Crippen LogP contribution in [-0.2, 0) is 9.53 Å². The van der Waals surface area contributed by atoms with E-state index in [2.05, 4.69) is 15.5 Å². The summed E-state index contributed by atoms with van der Waals surface area (Å²) in [5.41, 5.74) is -2.38. The van der Waals surface area contributed by atoms with Gasteiger partial charge in [0.15, 0.2) is 5.82 Å². The number of alkyl halides is 3. The van der Waals surface area contributed by atoms with Crippen LogP contribution in [0.4, 0.5) is 13.2 Å². The van der Waals surface area contributed by atoms with Gasteiger partial charge in [0, 0.05) is 37.6 Å². The van der Waals surface area contributed by atoms with Crippen molar-refractivity contribution in [2.24, 2.45) is 11.3 Å². The van der Waals surface area contributed by atoms with Gasteiger partial charge in [0.05, 0.1) is 6.61 Å². The fraction of sp³-hybridized carbons (Fsp3) is 0.857. The van der Waals surface area contributed by atoms with Gasteiger partial charge in [-0.05, 0) is 58.4 Å². The molecule has 3 unspecified atom stereocenters. The van der Waals surface area contributed by atoms with Gasteiger partial charge in [-0.3, -0.25) is 4.79 Å². The first kappa shape index (κ1) is 22.5. The van der Waals surface area contributed by atoms with E-state index in [-0.39, 0.29) is 24.9 Å². The molecule has 31 heavy (non-hydrogen) atoms. The summed E-state index contributed by atoms with van der Waals surface area (Å²) in [6.45, 7) is 4.93. The molecule has 3 saturated heterocycles. The molecule has 1 amide bonds. The zero-order valence-corrected chi connectivity index (χ0v) is 18.1. The van der Waals surface area contributed by atoms with Crippen LogP contribution in [0.5, 0.6) is 0 Å². The second-order valence-corrected chi connectivity index (χ2v) is 9.59. The van der Waals surface area contributed by atoms with E-state index in [1.54, 1.807) is 0 Å². The highest BCUT2D eigenvalue weighted by Crippen LogP contribution is 2.40. The fourth-order valence-electron chi connectivity index (χ4n) is 4.84. The van der Waals surface area contributed by atoms with Crippen LogP contribution in [0.2, 0.25) is 0 Å². The lowest BCUT2D eigenvalue weighted by molar-refractivity contribution is -0.217.